The third-order valence-corrected chi connectivity index (χ3v) is 3.22. The number of likely N-dealkylation sites (tertiary alicyclic amines) is 1. The van der Waals surface area contributed by atoms with E-state index in [0.717, 1.165) is 4.90 Å². The lowest BCUT2D eigenvalue weighted by atomic mass is 9.86. The molecule has 1 aliphatic heterocycles. The van der Waals surface area contributed by atoms with Crippen molar-refractivity contribution in [2.75, 3.05) is 6.54 Å². The molecule has 0 bridgehead atoms. The van der Waals surface area contributed by atoms with E-state index < -0.39 is 35.0 Å². The van der Waals surface area contributed by atoms with Crippen molar-refractivity contribution in [3.8, 4) is 0 Å². The molecule has 2 atom stereocenters. The minimum atomic E-state index is -1.68. The minimum absolute atomic E-state index is 0.182. The average molecular weight is 285 g/mol. The highest BCUT2D eigenvalue weighted by Gasteiger charge is 2.56. The Balaban J connectivity index is 3.14. The first-order valence-corrected chi connectivity index (χ1v) is 6.63. The summed E-state index contributed by atoms with van der Waals surface area (Å²) in [4.78, 5) is 37.5. The molecule has 0 radical (unpaired) electrons. The molecule has 4 N–H and O–H groups in total. The summed E-state index contributed by atoms with van der Waals surface area (Å²) < 4.78 is 5.24. The van der Waals surface area contributed by atoms with Crippen LogP contribution in [0, 0.1) is 0 Å². The highest BCUT2D eigenvalue weighted by Crippen LogP contribution is 2.32. The fraction of sp³-hybridized carbons (Fsp3) is 0.769. The van der Waals surface area contributed by atoms with Crippen LogP contribution in [0.1, 0.15) is 40.5 Å². The SMILES string of the molecule is C[C@H](N)C(=O)[C@@]1(C(N)=O)CCCN1C(=O)OC(C)(C)C. The minimum Gasteiger partial charge on any atom is -0.444 e. The highest BCUT2D eigenvalue weighted by atomic mass is 16.6. The second-order valence-electron chi connectivity index (χ2n) is 6.11. The van der Waals surface area contributed by atoms with Crippen molar-refractivity contribution in [3.63, 3.8) is 0 Å². The number of rotatable bonds is 3. The summed E-state index contributed by atoms with van der Waals surface area (Å²) in [6, 6.07) is -0.884. The average Bonchev–Trinajstić information content (AvgIpc) is 2.70. The van der Waals surface area contributed by atoms with E-state index in [2.05, 4.69) is 0 Å². The van der Waals surface area contributed by atoms with Gasteiger partial charge in [-0.3, -0.25) is 14.5 Å². The monoisotopic (exact) mass is 285 g/mol. The van der Waals surface area contributed by atoms with E-state index in [9.17, 15) is 14.4 Å². The van der Waals surface area contributed by atoms with Crippen LogP contribution in [0.25, 0.3) is 0 Å². The predicted molar refractivity (Wildman–Crippen MR) is 72.8 cm³/mol. The number of nitrogens with zero attached hydrogens (tertiary/aromatic N) is 1. The van der Waals surface area contributed by atoms with E-state index in [4.69, 9.17) is 16.2 Å². The van der Waals surface area contributed by atoms with Crippen LogP contribution in [-0.4, -0.2) is 46.4 Å². The summed E-state index contributed by atoms with van der Waals surface area (Å²) in [6.07, 6.45) is -0.0365. The van der Waals surface area contributed by atoms with Gasteiger partial charge in [0, 0.05) is 6.54 Å². The normalized spacial score (nSPS) is 24.4. The van der Waals surface area contributed by atoms with E-state index in [1.807, 2.05) is 0 Å². The van der Waals surface area contributed by atoms with Crippen LogP contribution in [0.5, 0.6) is 0 Å². The van der Waals surface area contributed by atoms with Crippen LogP contribution in [0.2, 0.25) is 0 Å². The summed E-state index contributed by atoms with van der Waals surface area (Å²) in [5, 5.41) is 0. The Hall–Kier alpha value is -1.63. The predicted octanol–water partition coefficient (Wildman–Crippen LogP) is 0.158. The smallest absolute Gasteiger partial charge is 0.411 e. The van der Waals surface area contributed by atoms with Gasteiger partial charge in [0.2, 0.25) is 0 Å². The molecule has 0 aliphatic carbocycles. The number of carbonyl (C=O) groups is 3. The number of ketones is 1. The number of ether oxygens (including phenoxy) is 1. The zero-order valence-electron chi connectivity index (χ0n) is 12.4. The van der Waals surface area contributed by atoms with Crippen molar-refractivity contribution in [2.45, 2.75) is 57.7 Å². The molecule has 114 valence electrons. The summed E-state index contributed by atoms with van der Waals surface area (Å²) in [5.74, 6) is -1.41. The largest absolute Gasteiger partial charge is 0.444 e. The Bertz CT molecular complexity index is 428. The standard InChI is InChI=1S/C13H23N3O4/c1-8(14)9(17)13(10(15)18)6-5-7-16(13)11(19)20-12(2,3)4/h8H,5-7,14H2,1-4H3,(H2,15,18)/t8-,13+/m0/s1. The summed E-state index contributed by atoms with van der Waals surface area (Å²) in [5.41, 5.74) is 8.59. The summed E-state index contributed by atoms with van der Waals surface area (Å²) >= 11 is 0. The topological polar surface area (TPSA) is 116 Å². The van der Waals surface area contributed by atoms with E-state index in [1.165, 1.54) is 6.92 Å². The maximum Gasteiger partial charge on any atom is 0.411 e. The molecule has 0 aromatic heterocycles. The van der Waals surface area contributed by atoms with Crippen LogP contribution < -0.4 is 11.5 Å². The number of amides is 2. The molecule has 7 nitrogen and oxygen atoms in total. The van der Waals surface area contributed by atoms with Gasteiger partial charge in [-0.1, -0.05) is 0 Å². The van der Waals surface area contributed by atoms with Crippen molar-refractivity contribution in [2.24, 2.45) is 11.5 Å². The van der Waals surface area contributed by atoms with Crippen molar-refractivity contribution >= 4 is 17.8 Å². The Morgan fingerprint density at radius 2 is 1.85 bits per heavy atom. The molecule has 7 heteroatoms. The van der Waals surface area contributed by atoms with Gasteiger partial charge in [0.15, 0.2) is 11.3 Å². The lowest BCUT2D eigenvalue weighted by molar-refractivity contribution is -0.141. The van der Waals surface area contributed by atoms with E-state index in [-0.39, 0.29) is 13.0 Å². The first-order valence-electron chi connectivity index (χ1n) is 6.63. The molecule has 0 unspecified atom stereocenters. The van der Waals surface area contributed by atoms with Crippen LogP contribution >= 0.6 is 0 Å². The molecule has 2 amide bonds. The van der Waals surface area contributed by atoms with Gasteiger partial charge in [-0.05, 0) is 40.5 Å². The van der Waals surface area contributed by atoms with Crippen LogP contribution in [-0.2, 0) is 14.3 Å². The second kappa shape index (κ2) is 5.40. The molecular formula is C13H23N3O4. The van der Waals surface area contributed by atoms with Gasteiger partial charge in [0.05, 0.1) is 6.04 Å². The lowest BCUT2D eigenvalue weighted by Crippen LogP contribution is -2.64. The zero-order valence-corrected chi connectivity index (χ0v) is 12.4. The van der Waals surface area contributed by atoms with Gasteiger partial charge < -0.3 is 16.2 Å². The Kier molecular flexibility index (Phi) is 4.43. The zero-order chi connectivity index (χ0) is 15.7. The Labute approximate surface area is 118 Å². The molecule has 1 saturated heterocycles. The molecule has 0 saturated carbocycles. The summed E-state index contributed by atoms with van der Waals surface area (Å²) in [7, 11) is 0. The third-order valence-electron chi connectivity index (χ3n) is 3.22. The van der Waals surface area contributed by atoms with E-state index in [1.54, 1.807) is 20.8 Å². The first-order chi connectivity index (χ1) is 9.02. The molecular weight excluding hydrogens is 262 g/mol. The molecule has 1 fully saturated rings. The van der Waals surface area contributed by atoms with Gasteiger partial charge in [-0.15, -0.1) is 0 Å². The quantitative estimate of drug-likeness (QED) is 0.716. The van der Waals surface area contributed by atoms with Crippen LogP contribution in [0.4, 0.5) is 4.79 Å². The highest BCUT2D eigenvalue weighted by molar-refractivity contribution is 6.14. The van der Waals surface area contributed by atoms with Crippen LogP contribution in [0.3, 0.4) is 0 Å². The molecule has 1 rings (SSSR count). The van der Waals surface area contributed by atoms with E-state index >= 15 is 0 Å². The maximum atomic E-state index is 12.3. The molecule has 1 aliphatic rings. The molecule has 0 spiro atoms. The van der Waals surface area contributed by atoms with Gasteiger partial charge in [-0.2, -0.15) is 0 Å². The van der Waals surface area contributed by atoms with Gasteiger partial charge in [-0.25, -0.2) is 4.79 Å². The number of nitrogens with two attached hydrogens (primary N) is 2. The van der Waals surface area contributed by atoms with Crippen LogP contribution in [0.15, 0.2) is 0 Å². The van der Waals surface area contributed by atoms with Gasteiger partial charge in [0.25, 0.3) is 5.91 Å². The molecule has 0 aromatic rings. The molecule has 0 aromatic carbocycles. The first kappa shape index (κ1) is 16.4. The number of carbonyl (C=O) groups excluding carboxylic acids is 3. The fourth-order valence-electron chi connectivity index (χ4n) is 2.39. The van der Waals surface area contributed by atoms with E-state index in [0.29, 0.717) is 6.42 Å². The Morgan fingerprint density at radius 3 is 2.25 bits per heavy atom. The summed E-state index contributed by atoms with van der Waals surface area (Å²) in [6.45, 7) is 6.84. The van der Waals surface area contributed by atoms with Crippen molar-refractivity contribution in [3.05, 3.63) is 0 Å². The maximum absolute atomic E-state index is 12.3. The van der Waals surface area contributed by atoms with Crippen molar-refractivity contribution in [1.82, 2.24) is 4.90 Å². The molecule has 1 heterocycles. The van der Waals surface area contributed by atoms with Gasteiger partial charge >= 0.3 is 6.09 Å². The number of primary amides is 1. The van der Waals surface area contributed by atoms with Crippen molar-refractivity contribution in [1.29, 1.82) is 0 Å². The molecule has 20 heavy (non-hydrogen) atoms. The van der Waals surface area contributed by atoms with Crippen molar-refractivity contribution < 1.29 is 19.1 Å². The number of hydrogen-bond acceptors (Lipinski definition) is 5. The Morgan fingerprint density at radius 1 is 1.30 bits per heavy atom. The third kappa shape index (κ3) is 2.92. The van der Waals surface area contributed by atoms with Gasteiger partial charge in [0.1, 0.15) is 5.60 Å². The number of hydrogen-bond donors (Lipinski definition) is 2. The lowest BCUT2D eigenvalue weighted by Gasteiger charge is -2.36. The fourth-order valence-corrected chi connectivity index (χ4v) is 2.39. The number of Topliss-reactive ketones (excluding diaryl/α,β-unsaturated/α-hetero) is 1. The second-order valence-corrected chi connectivity index (χ2v) is 6.11.